The Bertz CT molecular complexity index is 752. The smallest absolute Gasteiger partial charge is 0.251 e. The molecule has 2 rings (SSSR count). The molecule has 0 atom stereocenters. The zero-order chi connectivity index (χ0) is 19.5. The highest BCUT2D eigenvalue weighted by molar-refractivity contribution is 14.0. The second kappa shape index (κ2) is 12.9. The van der Waals surface area contributed by atoms with Crippen molar-refractivity contribution in [3.05, 3.63) is 65.5 Å². The van der Waals surface area contributed by atoms with Gasteiger partial charge in [0.05, 0.1) is 7.11 Å². The lowest BCUT2D eigenvalue weighted by Gasteiger charge is -2.12. The number of ether oxygens (including phenoxy) is 1. The molecule has 0 heterocycles. The Balaban J connectivity index is 0.00000392. The molecule has 0 aliphatic heterocycles. The predicted molar refractivity (Wildman–Crippen MR) is 120 cm³/mol. The number of carbonyl (C=O) groups excluding carboxylic acids is 1. The Morgan fingerprint density at radius 2 is 1.57 bits per heavy atom. The average Bonchev–Trinajstić information content (AvgIpc) is 2.71. The maximum Gasteiger partial charge on any atom is 0.251 e. The Labute approximate surface area is 182 Å². The maximum atomic E-state index is 12.9. The quantitative estimate of drug-likeness (QED) is 0.226. The molecule has 1 amide bonds. The van der Waals surface area contributed by atoms with Gasteiger partial charge in [-0.15, -0.1) is 24.0 Å². The summed E-state index contributed by atoms with van der Waals surface area (Å²) >= 11 is 0. The topological polar surface area (TPSA) is 74.8 Å². The van der Waals surface area contributed by atoms with Gasteiger partial charge in [0.1, 0.15) is 11.6 Å². The van der Waals surface area contributed by atoms with Crippen LogP contribution in [-0.4, -0.2) is 45.7 Å². The third-order valence-electron chi connectivity index (χ3n) is 3.90. The molecule has 0 aromatic heterocycles. The molecule has 2 aromatic rings. The molecule has 2 aromatic carbocycles. The number of nitrogens with one attached hydrogen (secondary N) is 3. The predicted octanol–water partition coefficient (Wildman–Crippen LogP) is 2.59. The van der Waals surface area contributed by atoms with Crippen LogP contribution in [0, 0.1) is 5.82 Å². The summed E-state index contributed by atoms with van der Waals surface area (Å²) in [4.78, 5) is 16.2. The fraction of sp³-hybridized carbons (Fsp3) is 0.300. The summed E-state index contributed by atoms with van der Waals surface area (Å²) in [6.07, 6.45) is 0.759. The lowest BCUT2D eigenvalue weighted by Crippen LogP contribution is -2.42. The van der Waals surface area contributed by atoms with Gasteiger partial charge < -0.3 is 20.7 Å². The molecule has 0 aliphatic rings. The van der Waals surface area contributed by atoms with Crippen LogP contribution in [0.1, 0.15) is 15.9 Å². The van der Waals surface area contributed by atoms with Crippen LogP contribution < -0.4 is 20.7 Å². The Hall–Kier alpha value is -2.36. The first kappa shape index (κ1) is 23.7. The van der Waals surface area contributed by atoms with Gasteiger partial charge in [-0.25, -0.2) is 4.39 Å². The molecule has 0 bridgehead atoms. The second-order valence-electron chi connectivity index (χ2n) is 5.79. The molecular formula is C20H26FIN4O2. The standard InChI is InChI=1S/C20H25FN4O2.HI/c1-22-20(24-12-11-15-3-7-17(21)8-4-15)25-14-13-23-19(26)16-5-9-18(27-2)10-6-16;/h3-10H,11-14H2,1-2H3,(H,23,26)(H2,22,24,25);1H. The average molecular weight is 500 g/mol. The van der Waals surface area contributed by atoms with E-state index in [9.17, 15) is 9.18 Å². The van der Waals surface area contributed by atoms with E-state index < -0.39 is 0 Å². The van der Waals surface area contributed by atoms with Gasteiger partial charge in [0.25, 0.3) is 5.91 Å². The van der Waals surface area contributed by atoms with E-state index in [-0.39, 0.29) is 35.7 Å². The number of guanidine groups is 1. The number of hydrogen-bond donors (Lipinski definition) is 3. The van der Waals surface area contributed by atoms with E-state index in [1.165, 1.54) is 12.1 Å². The van der Waals surface area contributed by atoms with Crippen molar-refractivity contribution in [3.8, 4) is 5.75 Å². The molecule has 0 spiro atoms. The van der Waals surface area contributed by atoms with Gasteiger partial charge in [-0.1, -0.05) is 12.1 Å². The summed E-state index contributed by atoms with van der Waals surface area (Å²) in [7, 11) is 3.27. The van der Waals surface area contributed by atoms with Crippen LogP contribution in [0.5, 0.6) is 5.75 Å². The van der Waals surface area contributed by atoms with E-state index in [2.05, 4.69) is 20.9 Å². The number of rotatable bonds is 8. The van der Waals surface area contributed by atoms with E-state index >= 15 is 0 Å². The van der Waals surface area contributed by atoms with Crippen LogP contribution >= 0.6 is 24.0 Å². The van der Waals surface area contributed by atoms with E-state index in [0.717, 1.165) is 12.0 Å². The SMILES string of the molecule is CN=C(NCCNC(=O)c1ccc(OC)cc1)NCCc1ccc(F)cc1.I. The van der Waals surface area contributed by atoms with Crippen molar-refractivity contribution in [2.45, 2.75) is 6.42 Å². The van der Waals surface area contributed by atoms with Gasteiger partial charge in [-0.3, -0.25) is 9.79 Å². The first-order valence-corrected chi connectivity index (χ1v) is 8.73. The van der Waals surface area contributed by atoms with Gasteiger partial charge in [0, 0.05) is 32.2 Å². The fourth-order valence-corrected chi connectivity index (χ4v) is 2.40. The van der Waals surface area contributed by atoms with Gasteiger partial charge in [0.15, 0.2) is 5.96 Å². The Morgan fingerprint density at radius 1 is 0.964 bits per heavy atom. The summed E-state index contributed by atoms with van der Waals surface area (Å²) in [6, 6.07) is 13.4. The molecule has 0 saturated heterocycles. The normalized spacial score (nSPS) is 10.6. The van der Waals surface area contributed by atoms with Gasteiger partial charge in [-0.05, 0) is 48.4 Å². The lowest BCUT2D eigenvalue weighted by molar-refractivity contribution is 0.0954. The van der Waals surface area contributed by atoms with Crippen LogP contribution in [-0.2, 0) is 6.42 Å². The van der Waals surface area contributed by atoms with Crippen molar-refractivity contribution >= 4 is 35.8 Å². The number of benzene rings is 2. The molecular weight excluding hydrogens is 474 g/mol. The summed E-state index contributed by atoms with van der Waals surface area (Å²) in [6.45, 7) is 1.67. The van der Waals surface area contributed by atoms with Crippen molar-refractivity contribution in [3.63, 3.8) is 0 Å². The molecule has 0 saturated carbocycles. The van der Waals surface area contributed by atoms with E-state index in [1.54, 1.807) is 50.6 Å². The number of nitrogens with zero attached hydrogens (tertiary/aromatic N) is 1. The van der Waals surface area contributed by atoms with Gasteiger partial charge in [0.2, 0.25) is 0 Å². The highest BCUT2D eigenvalue weighted by Crippen LogP contribution is 2.10. The third-order valence-corrected chi connectivity index (χ3v) is 3.90. The number of carbonyl (C=O) groups is 1. The van der Waals surface area contributed by atoms with E-state index in [4.69, 9.17) is 4.74 Å². The first-order chi connectivity index (χ1) is 13.1. The van der Waals surface area contributed by atoms with Crippen LogP contribution in [0.15, 0.2) is 53.5 Å². The van der Waals surface area contributed by atoms with Gasteiger partial charge in [-0.2, -0.15) is 0 Å². The Kier molecular flexibility index (Phi) is 10.9. The minimum atomic E-state index is -0.235. The van der Waals surface area contributed by atoms with Crippen molar-refractivity contribution < 1.29 is 13.9 Å². The first-order valence-electron chi connectivity index (χ1n) is 8.73. The van der Waals surface area contributed by atoms with Crippen LogP contribution in [0.3, 0.4) is 0 Å². The molecule has 152 valence electrons. The summed E-state index contributed by atoms with van der Waals surface area (Å²) in [5, 5.41) is 9.16. The minimum absolute atomic E-state index is 0. The molecule has 0 radical (unpaired) electrons. The van der Waals surface area contributed by atoms with Gasteiger partial charge >= 0.3 is 0 Å². The molecule has 6 nitrogen and oxygen atoms in total. The van der Waals surface area contributed by atoms with Crippen molar-refractivity contribution in [2.24, 2.45) is 4.99 Å². The number of aliphatic imine (C=N–C) groups is 1. The molecule has 0 fully saturated rings. The van der Waals surface area contributed by atoms with Crippen LogP contribution in [0.2, 0.25) is 0 Å². The molecule has 0 aliphatic carbocycles. The number of amides is 1. The third kappa shape index (κ3) is 8.12. The van der Waals surface area contributed by atoms with Crippen LogP contribution in [0.25, 0.3) is 0 Å². The molecule has 8 heteroatoms. The fourth-order valence-electron chi connectivity index (χ4n) is 2.40. The minimum Gasteiger partial charge on any atom is -0.497 e. The summed E-state index contributed by atoms with van der Waals surface area (Å²) in [5.41, 5.74) is 1.63. The molecule has 3 N–H and O–H groups in total. The zero-order valence-corrected chi connectivity index (χ0v) is 18.3. The lowest BCUT2D eigenvalue weighted by atomic mass is 10.1. The maximum absolute atomic E-state index is 12.9. The number of hydrogen-bond acceptors (Lipinski definition) is 3. The van der Waals surface area contributed by atoms with Crippen molar-refractivity contribution in [2.75, 3.05) is 33.8 Å². The summed E-state index contributed by atoms with van der Waals surface area (Å²) < 4.78 is 18.0. The number of methoxy groups -OCH3 is 1. The molecule has 0 unspecified atom stereocenters. The largest absolute Gasteiger partial charge is 0.497 e. The monoisotopic (exact) mass is 500 g/mol. The van der Waals surface area contributed by atoms with E-state index in [1.807, 2.05) is 0 Å². The Morgan fingerprint density at radius 3 is 2.18 bits per heavy atom. The van der Waals surface area contributed by atoms with Crippen LogP contribution in [0.4, 0.5) is 4.39 Å². The van der Waals surface area contributed by atoms with Crippen molar-refractivity contribution in [1.29, 1.82) is 0 Å². The van der Waals surface area contributed by atoms with Crippen molar-refractivity contribution in [1.82, 2.24) is 16.0 Å². The highest BCUT2D eigenvalue weighted by atomic mass is 127. The number of halogens is 2. The summed E-state index contributed by atoms with van der Waals surface area (Å²) in [5.74, 6) is 0.985. The zero-order valence-electron chi connectivity index (χ0n) is 16.0. The molecule has 28 heavy (non-hydrogen) atoms. The van der Waals surface area contributed by atoms with E-state index in [0.29, 0.717) is 36.9 Å². The highest BCUT2D eigenvalue weighted by Gasteiger charge is 2.05. The second-order valence-corrected chi connectivity index (χ2v) is 5.79.